The fourth-order valence-corrected chi connectivity index (χ4v) is 2.01. The minimum Gasteiger partial charge on any atom is -0.508 e. The van der Waals surface area contributed by atoms with E-state index in [2.05, 4.69) is 10.6 Å². The zero-order valence-electron chi connectivity index (χ0n) is 13.2. The lowest BCUT2D eigenvalue weighted by Crippen LogP contribution is -2.37. The molecule has 3 N–H and O–H groups in total. The third-order valence-electron chi connectivity index (χ3n) is 3.18. The highest BCUT2D eigenvalue weighted by molar-refractivity contribution is 6.44. The van der Waals surface area contributed by atoms with E-state index >= 15 is 0 Å². The van der Waals surface area contributed by atoms with Crippen LogP contribution in [0.25, 0.3) is 0 Å². The van der Waals surface area contributed by atoms with E-state index in [4.69, 9.17) is 0 Å². The molecule has 0 aliphatic rings. The van der Waals surface area contributed by atoms with Crippen molar-refractivity contribution in [3.63, 3.8) is 0 Å². The smallest absolute Gasteiger partial charge is 0.316 e. The summed E-state index contributed by atoms with van der Waals surface area (Å²) in [6.07, 6.45) is 0. The van der Waals surface area contributed by atoms with Crippen LogP contribution < -0.4 is 15.5 Å². The van der Waals surface area contributed by atoms with Gasteiger partial charge in [-0.15, -0.1) is 0 Å². The predicted molar refractivity (Wildman–Crippen MR) is 90.9 cm³/mol. The van der Waals surface area contributed by atoms with E-state index < -0.39 is 11.8 Å². The summed E-state index contributed by atoms with van der Waals surface area (Å²) in [7, 11) is 1.46. The maximum absolute atomic E-state index is 12.2. The number of anilines is 3. The van der Waals surface area contributed by atoms with Crippen molar-refractivity contribution in [3.05, 3.63) is 48.5 Å². The number of aromatic hydroxyl groups is 1. The molecule has 0 heterocycles. The van der Waals surface area contributed by atoms with Crippen molar-refractivity contribution >= 4 is 34.8 Å². The zero-order valence-corrected chi connectivity index (χ0v) is 13.2. The van der Waals surface area contributed by atoms with Crippen LogP contribution in [0.15, 0.2) is 48.5 Å². The standard InChI is InChI=1S/C17H17N3O4/c1-11(21)18-12-4-3-5-13(10-12)19-16(23)17(24)20(2)14-6-8-15(22)9-7-14/h3-10,22H,1-2H3,(H,18,21)(H,19,23). The fraction of sp³-hybridized carbons (Fsp3) is 0.118. The van der Waals surface area contributed by atoms with E-state index in [0.717, 1.165) is 0 Å². The molecule has 2 aromatic rings. The van der Waals surface area contributed by atoms with E-state index in [-0.39, 0.29) is 11.7 Å². The second-order valence-electron chi connectivity index (χ2n) is 5.10. The summed E-state index contributed by atoms with van der Waals surface area (Å²) in [5.74, 6) is -1.74. The fourth-order valence-electron chi connectivity index (χ4n) is 2.01. The summed E-state index contributed by atoms with van der Waals surface area (Å²) in [4.78, 5) is 36.5. The van der Waals surface area contributed by atoms with Gasteiger partial charge < -0.3 is 20.6 Å². The Morgan fingerprint density at radius 3 is 2.12 bits per heavy atom. The molecule has 124 valence electrons. The number of hydrogen-bond donors (Lipinski definition) is 3. The summed E-state index contributed by atoms with van der Waals surface area (Å²) in [5.41, 5.74) is 1.37. The lowest BCUT2D eigenvalue weighted by atomic mass is 10.2. The third kappa shape index (κ3) is 4.33. The van der Waals surface area contributed by atoms with Crippen LogP contribution in [0, 0.1) is 0 Å². The topological polar surface area (TPSA) is 98.7 Å². The Morgan fingerprint density at radius 1 is 0.958 bits per heavy atom. The van der Waals surface area contributed by atoms with Crippen LogP contribution >= 0.6 is 0 Å². The molecule has 0 bridgehead atoms. The molecular formula is C17H17N3O4. The number of benzene rings is 2. The van der Waals surface area contributed by atoms with E-state index in [1.54, 1.807) is 24.3 Å². The van der Waals surface area contributed by atoms with Crippen LogP contribution in [0.4, 0.5) is 17.1 Å². The van der Waals surface area contributed by atoms with Gasteiger partial charge in [-0.25, -0.2) is 0 Å². The van der Waals surface area contributed by atoms with Gasteiger partial charge in [0.15, 0.2) is 0 Å². The van der Waals surface area contributed by atoms with E-state index in [1.807, 2.05) is 0 Å². The Labute approximate surface area is 138 Å². The molecule has 0 fully saturated rings. The second kappa shape index (κ2) is 7.28. The maximum Gasteiger partial charge on any atom is 0.316 e. The number of nitrogens with zero attached hydrogens (tertiary/aromatic N) is 1. The van der Waals surface area contributed by atoms with Crippen LogP contribution in [-0.4, -0.2) is 29.9 Å². The van der Waals surface area contributed by atoms with Gasteiger partial charge in [-0.3, -0.25) is 14.4 Å². The number of nitrogens with one attached hydrogen (secondary N) is 2. The summed E-state index contributed by atoms with van der Waals surface area (Å²) in [6, 6.07) is 12.4. The minimum atomic E-state index is -0.814. The largest absolute Gasteiger partial charge is 0.508 e. The Balaban J connectivity index is 2.07. The first-order valence-electron chi connectivity index (χ1n) is 7.12. The van der Waals surface area contributed by atoms with Crippen LogP contribution in [0.1, 0.15) is 6.92 Å². The average molecular weight is 327 g/mol. The lowest BCUT2D eigenvalue weighted by molar-refractivity contribution is -0.134. The molecule has 24 heavy (non-hydrogen) atoms. The highest BCUT2D eigenvalue weighted by Crippen LogP contribution is 2.18. The highest BCUT2D eigenvalue weighted by Gasteiger charge is 2.20. The van der Waals surface area contributed by atoms with Gasteiger partial charge in [-0.2, -0.15) is 0 Å². The number of carbonyl (C=O) groups is 3. The summed E-state index contributed by atoms with van der Waals surface area (Å²) < 4.78 is 0. The summed E-state index contributed by atoms with van der Waals surface area (Å²) >= 11 is 0. The SMILES string of the molecule is CC(=O)Nc1cccc(NC(=O)C(=O)N(C)c2ccc(O)cc2)c1. The minimum absolute atomic E-state index is 0.0684. The molecule has 0 aromatic heterocycles. The maximum atomic E-state index is 12.2. The monoisotopic (exact) mass is 327 g/mol. The molecule has 0 aliphatic heterocycles. The molecule has 0 atom stereocenters. The molecule has 0 radical (unpaired) electrons. The zero-order chi connectivity index (χ0) is 17.7. The van der Waals surface area contributed by atoms with Gasteiger partial charge in [0.1, 0.15) is 5.75 Å². The van der Waals surface area contributed by atoms with Gasteiger partial charge in [0, 0.05) is 31.0 Å². The van der Waals surface area contributed by atoms with Crippen LogP contribution in [0.3, 0.4) is 0 Å². The van der Waals surface area contributed by atoms with Gasteiger partial charge in [0.05, 0.1) is 0 Å². The first-order chi connectivity index (χ1) is 11.4. The molecule has 2 aromatic carbocycles. The molecule has 7 nitrogen and oxygen atoms in total. The highest BCUT2D eigenvalue weighted by atomic mass is 16.3. The number of phenols is 1. The molecule has 7 heteroatoms. The molecule has 3 amide bonds. The normalized spacial score (nSPS) is 9.92. The number of carbonyl (C=O) groups excluding carboxylic acids is 3. The first-order valence-corrected chi connectivity index (χ1v) is 7.12. The molecule has 0 spiro atoms. The van der Waals surface area contributed by atoms with E-state index in [9.17, 15) is 19.5 Å². The van der Waals surface area contributed by atoms with E-state index in [1.165, 1.54) is 43.1 Å². The van der Waals surface area contributed by atoms with Gasteiger partial charge in [-0.1, -0.05) is 6.07 Å². The van der Waals surface area contributed by atoms with Gasteiger partial charge in [0.2, 0.25) is 5.91 Å². The van der Waals surface area contributed by atoms with Crippen molar-refractivity contribution in [2.75, 3.05) is 22.6 Å². The molecule has 0 unspecified atom stereocenters. The Hall–Kier alpha value is -3.35. The van der Waals surface area contributed by atoms with Crippen molar-refractivity contribution in [2.24, 2.45) is 0 Å². The first kappa shape index (κ1) is 17.0. The third-order valence-corrected chi connectivity index (χ3v) is 3.18. The van der Waals surface area contributed by atoms with Gasteiger partial charge in [-0.05, 0) is 42.5 Å². The molecular weight excluding hydrogens is 310 g/mol. The number of phenolic OH excluding ortho intramolecular Hbond substituents is 1. The van der Waals surface area contributed by atoms with E-state index in [0.29, 0.717) is 17.1 Å². The van der Waals surface area contributed by atoms with Crippen molar-refractivity contribution in [2.45, 2.75) is 6.92 Å². The number of amides is 3. The Kier molecular flexibility index (Phi) is 5.16. The van der Waals surface area contributed by atoms with Crippen LogP contribution in [-0.2, 0) is 14.4 Å². The van der Waals surface area contributed by atoms with Gasteiger partial charge in [0.25, 0.3) is 0 Å². The molecule has 2 rings (SSSR count). The average Bonchev–Trinajstić information content (AvgIpc) is 2.54. The van der Waals surface area contributed by atoms with Crippen LogP contribution in [0.2, 0.25) is 0 Å². The number of likely N-dealkylation sites (N-methyl/N-ethyl adjacent to an activating group) is 1. The predicted octanol–water partition coefficient (Wildman–Crippen LogP) is 1.95. The van der Waals surface area contributed by atoms with Crippen LogP contribution in [0.5, 0.6) is 5.75 Å². The lowest BCUT2D eigenvalue weighted by Gasteiger charge is -2.17. The van der Waals surface area contributed by atoms with Crippen molar-refractivity contribution in [3.8, 4) is 5.75 Å². The summed E-state index contributed by atoms with van der Waals surface area (Å²) in [5, 5.41) is 14.3. The summed E-state index contributed by atoms with van der Waals surface area (Å²) in [6.45, 7) is 1.38. The van der Waals surface area contributed by atoms with Gasteiger partial charge >= 0.3 is 11.8 Å². The number of hydrogen-bond acceptors (Lipinski definition) is 4. The van der Waals surface area contributed by atoms with Crippen molar-refractivity contribution < 1.29 is 19.5 Å². The molecule has 0 saturated carbocycles. The van der Waals surface area contributed by atoms with Crippen molar-refractivity contribution in [1.29, 1.82) is 0 Å². The second-order valence-corrected chi connectivity index (χ2v) is 5.10. The Morgan fingerprint density at radius 2 is 1.54 bits per heavy atom. The molecule has 0 saturated heterocycles. The quantitative estimate of drug-likeness (QED) is 0.750. The van der Waals surface area contributed by atoms with Crippen molar-refractivity contribution in [1.82, 2.24) is 0 Å². The Bertz CT molecular complexity index is 772. The molecule has 0 aliphatic carbocycles. The number of rotatable bonds is 3.